The maximum atomic E-state index is 3.03. The van der Waals surface area contributed by atoms with Crippen molar-refractivity contribution in [2.45, 2.75) is 32.6 Å². The van der Waals surface area contributed by atoms with Gasteiger partial charge in [0.05, 0.1) is 0 Å². The zero-order valence-electron chi connectivity index (χ0n) is 7.88. The van der Waals surface area contributed by atoms with E-state index in [1.54, 1.807) is 0 Å². The molecule has 1 atom stereocenters. The van der Waals surface area contributed by atoms with Gasteiger partial charge < -0.3 is 0 Å². The molecule has 63 valence electrons. The molecule has 1 unspecified atom stereocenters. The molecule has 1 heteroatoms. The molecule has 0 saturated carbocycles. The minimum absolute atomic E-state index is 0. The van der Waals surface area contributed by atoms with Crippen LogP contribution in [0.4, 0.5) is 0 Å². The topological polar surface area (TPSA) is 0 Å². The first-order chi connectivity index (χ1) is 5.34. The molecule has 1 radical (unpaired) electrons. The van der Waals surface area contributed by atoms with E-state index in [0.29, 0.717) is 5.92 Å². The van der Waals surface area contributed by atoms with Gasteiger partial charge in [-0.2, -0.15) is 35.9 Å². The van der Waals surface area contributed by atoms with Crippen LogP contribution in [0.15, 0.2) is 24.3 Å². The number of hydrogen-bond donors (Lipinski definition) is 0. The molecule has 1 aromatic rings. The fourth-order valence-corrected chi connectivity index (χ4v) is 1.33. The van der Waals surface area contributed by atoms with Gasteiger partial charge in [-0.1, -0.05) is 20.3 Å². The summed E-state index contributed by atoms with van der Waals surface area (Å²) >= 11 is 0. The Balaban J connectivity index is 0.00000121. The van der Waals surface area contributed by atoms with E-state index in [1.165, 1.54) is 18.4 Å². The first kappa shape index (κ1) is 12.3. The van der Waals surface area contributed by atoms with Crippen molar-refractivity contribution in [2.24, 2.45) is 0 Å². The minimum atomic E-state index is 0. The van der Waals surface area contributed by atoms with Crippen LogP contribution in [0.1, 0.15) is 38.2 Å². The van der Waals surface area contributed by atoms with Gasteiger partial charge in [-0.05, 0) is 12.3 Å². The van der Waals surface area contributed by atoms with Crippen molar-refractivity contribution in [1.29, 1.82) is 0 Å². The third kappa shape index (κ3) is 3.82. The van der Waals surface area contributed by atoms with E-state index in [0.717, 1.165) is 0 Å². The molecular weight excluding hydrogens is 221 g/mol. The summed E-state index contributed by atoms with van der Waals surface area (Å²) in [5.41, 5.74) is 1.44. The van der Waals surface area contributed by atoms with E-state index in [9.17, 15) is 0 Å². The average molecular weight is 236 g/mol. The Hall–Kier alpha value is 0.324. The van der Waals surface area contributed by atoms with E-state index >= 15 is 0 Å². The van der Waals surface area contributed by atoms with Crippen LogP contribution in [-0.2, 0) is 32.7 Å². The molecule has 1 rings (SSSR count). The zero-order valence-corrected chi connectivity index (χ0v) is 10.7. The second-order valence-electron chi connectivity index (χ2n) is 3.02. The number of rotatable bonds is 3. The molecule has 0 aliphatic rings. The molecule has 0 nitrogen and oxygen atoms in total. The van der Waals surface area contributed by atoms with Crippen LogP contribution in [0.2, 0.25) is 0 Å². The molecule has 0 bridgehead atoms. The average Bonchev–Trinajstić information content (AvgIpc) is 2.07. The van der Waals surface area contributed by atoms with Crippen LogP contribution in [0.3, 0.4) is 0 Å². The first-order valence-corrected chi connectivity index (χ1v) is 4.30. The largest absolute Gasteiger partial charge is 0.184 e. The van der Waals surface area contributed by atoms with E-state index in [-0.39, 0.29) is 32.7 Å². The SMILES string of the molecule is CCCC(C)c1cc[c-]cc1.[Y]. The molecule has 0 saturated heterocycles. The predicted molar refractivity (Wildman–Crippen MR) is 48.6 cm³/mol. The van der Waals surface area contributed by atoms with E-state index in [4.69, 9.17) is 0 Å². The number of hydrogen-bond acceptors (Lipinski definition) is 0. The maximum absolute atomic E-state index is 3.03. The van der Waals surface area contributed by atoms with E-state index in [1.807, 2.05) is 12.1 Å². The monoisotopic (exact) mass is 236 g/mol. The van der Waals surface area contributed by atoms with Gasteiger partial charge in [0.1, 0.15) is 0 Å². The second-order valence-corrected chi connectivity index (χ2v) is 3.02. The van der Waals surface area contributed by atoms with Gasteiger partial charge in [0.2, 0.25) is 0 Å². The molecule has 12 heavy (non-hydrogen) atoms. The Bertz CT molecular complexity index is 193. The van der Waals surface area contributed by atoms with Crippen molar-refractivity contribution in [1.82, 2.24) is 0 Å². The minimum Gasteiger partial charge on any atom is -0.184 e. The molecule has 0 aliphatic carbocycles. The molecule has 0 spiro atoms. The summed E-state index contributed by atoms with van der Waals surface area (Å²) in [5, 5.41) is 0. The molecule has 0 aromatic heterocycles. The summed E-state index contributed by atoms with van der Waals surface area (Å²) in [4.78, 5) is 0. The van der Waals surface area contributed by atoms with Crippen molar-refractivity contribution in [3.63, 3.8) is 0 Å². The Morgan fingerprint density at radius 3 is 2.42 bits per heavy atom. The van der Waals surface area contributed by atoms with Crippen LogP contribution in [0.5, 0.6) is 0 Å². The molecule has 0 heterocycles. The summed E-state index contributed by atoms with van der Waals surface area (Å²) < 4.78 is 0. The fourth-order valence-electron chi connectivity index (χ4n) is 1.33. The summed E-state index contributed by atoms with van der Waals surface area (Å²) in [6, 6.07) is 11.3. The molecule has 1 aromatic carbocycles. The van der Waals surface area contributed by atoms with E-state index < -0.39 is 0 Å². The van der Waals surface area contributed by atoms with Gasteiger partial charge in [0.15, 0.2) is 0 Å². The summed E-state index contributed by atoms with van der Waals surface area (Å²) in [6.45, 7) is 4.50. The number of benzene rings is 1. The van der Waals surface area contributed by atoms with Crippen molar-refractivity contribution < 1.29 is 32.7 Å². The first-order valence-electron chi connectivity index (χ1n) is 4.30. The summed E-state index contributed by atoms with van der Waals surface area (Å²) in [7, 11) is 0. The Morgan fingerprint density at radius 1 is 1.33 bits per heavy atom. The van der Waals surface area contributed by atoms with Gasteiger partial charge >= 0.3 is 0 Å². The van der Waals surface area contributed by atoms with Gasteiger partial charge in [-0.25, -0.2) is 0 Å². The van der Waals surface area contributed by atoms with Gasteiger partial charge in [-0.3, -0.25) is 0 Å². The Kier molecular flexibility index (Phi) is 6.98. The van der Waals surface area contributed by atoms with Crippen LogP contribution in [0, 0.1) is 6.07 Å². The van der Waals surface area contributed by atoms with Crippen LogP contribution in [0.25, 0.3) is 0 Å². The summed E-state index contributed by atoms with van der Waals surface area (Å²) in [5.74, 6) is 0.703. The van der Waals surface area contributed by atoms with Crippen molar-refractivity contribution >= 4 is 0 Å². The quantitative estimate of drug-likeness (QED) is 0.705. The molecular formula is C11H15Y-. The van der Waals surface area contributed by atoms with Gasteiger partial charge in [-0.15, -0.1) is 0 Å². The molecule has 0 aliphatic heterocycles. The Morgan fingerprint density at radius 2 is 1.92 bits per heavy atom. The van der Waals surface area contributed by atoms with Crippen LogP contribution < -0.4 is 0 Å². The van der Waals surface area contributed by atoms with Crippen molar-refractivity contribution in [3.8, 4) is 0 Å². The zero-order chi connectivity index (χ0) is 8.10. The third-order valence-corrected chi connectivity index (χ3v) is 2.03. The van der Waals surface area contributed by atoms with Gasteiger partial charge in [0, 0.05) is 32.7 Å². The fraction of sp³-hybridized carbons (Fsp3) is 0.455. The molecule has 0 fully saturated rings. The standard InChI is InChI=1S/C11H15.Y/c1-3-7-10(2)11-8-5-4-6-9-11;/h5-6,8-10H,3,7H2,1-2H3;/q-1;. The van der Waals surface area contributed by atoms with Crippen molar-refractivity contribution in [3.05, 3.63) is 35.9 Å². The molecule has 0 N–H and O–H groups in total. The maximum Gasteiger partial charge on any atom is 0 e. The van der Waals surface area contributed by atoms with Crippen LogP contribution >= 0.6 is 0 Å². The second kappa shape index (κ2) is 6.80. The molecule has 0 amide bonds. The Labute approximate surface area is 101 Å². The predicted octanol–water partition coefficient (Wildman–Crippen LogP) is 3.39. The van der Waals surface area contributed by atoms with Crippen LogP contribution in [-0.4, -0.2) is 0 Å². The third-order valence-electron chi connectivity index (χ3n) is 2.03. The van der Waals surface area contributed by atoms with Crippen molar-refractivity contribution in [2.75, 3.05) is 0 Å². The normalized spacial score (nSPS) is 11.8. The summed E-state index contributed by atoms with van der Waals surface area (Å²) in [6.07, 6.45) is 2.55. The smallest absolute Gasteiger partial charge is 0 e. The van der Waals surface area contributed by atoms with E-state index in [2.05, 4.69) is 32.0 Å². The van der Waals surface area contributed by atoms with Gasteiger partial charge in [0.25, 0.3) is 0 Å².